The van der Waals surface area contributed by atoms with Crippen molar-refractivity contribution in [2.24, 2.45) is 0 Å². The van der Waals surface area contributed by atoms with Crippen molar-refractivity contribution in [2.75, 3.05) is 38.2 Å². The maximum absolute atomic E-state index is 13.9. The third-order valence-corrected chi connectivity index (χ3v) is 5.96. The normalized spacial score (nSPS) is 14.1. The lowest BCUT2D eigenvalue weighted by atomic mass is 10.2. The first-order valence-corrected chi connectivity index (χ1v) is 10.4. The summed E-state index contributed by atoms with van der Waals surface area (Å²) in [4.78, 5) is 21.3. The van der Waals surface area contributed by atoms with Gasteiger partial charge in [0.05, 0.1) is 19.2 Å². The van der Waals surface area contributed by atoms with Crippen molar-refractivity contribution in [3.05, 3.63) is 65.4 Å². The van der Waals surface area contributed by atoms with Crippen molar-refractivity contribution < 1.29 is 13.9 Å². The van der Waals surface area contributed by atoms with Gasteiger partial charge in [0.1, 0.15) is 16.6 Å². The van der Waals surface area contributed by atoms with E-state index >= 15 is 0 Å². The molecule has 0 spiro atoms. The topological polar surface area (TPSA) is 45.7 Å². The third-order valence-electron chi connectivity index (χ3n) is 5.04. The molecule has 0 atom stereocenters. The molecule has 0 radical (unpaired) electrons. The first-order chi connectivity index (χ1) is 14.1. The maximum atomic E-state index is 13.9. The van der Waals surface area contributed by atoms with Crippen LogP contribution in [0.25, 0.3) is 10.6 Å². The van der Waals surface area contributed by atoms with Gasteiger partial charge in [-0.05, 0) is 24.3 Å². The van der Waals surface area contributed by atoms with E-state index in [0.29, 0.717) is 29.4 Å². The monoisotopic (exact) mass is 411 g/mol. The van der Waals surface area contributed by atoms with Crippen LogP contribution in [0.15, 0.2) is 53.9 Å². The van der Waals surface area contributed by atoms with E-state index < -0.39 is 0 Å². The molecule has 1 aliphatic heterocycles. The van der Waals surface area contributed by atoms with Gasteiger partial charge in [0, 0.05) is 48.9 Å². The average molecular weight is 412 g/mol. The van der Waals surface area contributed by atoms with Crippen LogP contribution < -0.4 is 9.64 Å². The minimum absolute atomic E-state index is 0.0562. The van der Waals surface area contributed by atoms with Gasteiger partial charge in [-0.2, -0.15) is 0 Å². The Morgan fingerprint density at radius 3 is 2.69 bits per heavy atom. The second-order valence-corrected chi connectivity index (χ2v) is 7.73. The summed E-state index contributed by atoms with van der Waals surface area (Å²) in [6.45, 7) is 2.88. The molecule has 1 saturated heterocycles. The molecule has 3 aromatic rings. The Morgan fingerprint density at radius 2 is 1.93 bits per heavy atom. The molecule has 1 aliphatic rings. The number of aromatic nitrogens is 1. The van der Waals surface area contributed by atoms with Gasteiger partial charge >= 0.3 is 0 Å². The van der Waals surface area contributed by atoms with E-state index in [0.717, 1.165) is 24.5 Å². The number of ether oxygens (including phenoxy) is 1. The van der Waals surface area contributed by atoms with Crippen LogP contribution in [-0.4, -0.2) is 49.1 Å². The molecule has 0 unspecified atom stereocenters. The average Bonchev–Trinajstić information content (AvgIpc) is 3.22. The van der Waals surface area contributed by atoms with Crippen molar-refractivity contribution in [2.45, 2.75) is 6.42 Å². The predicted octanol–water partition coefficient (Wildman–Crippen LogP) is 3.85. The fraction of sp³-hybridized carbons (Fsp3) is 0.273. The highest BCUT2D eigenvalue weighted by atomic mass is 32.1. The summed E-state index contributed by atoms with van der Waals surface area (Å²) in [6.07, 6.45) is 0.240. The van der Waals surface area contributed by atoms with Gasteiger partial charge in [-0.15, -0.1) is 11.3 Å². The van der Waals surface area contributed by atoms with Crippen molar-refractivity contribution in [1.29, 1.82) is 0 Å². The molecular weight excluding hydrogens is 389 g/mol. The number of thiazole rings is 1. The molecule has 2 aromatic carbocycles. The Hall–Kier alpha value is -2.93. The quantitative estimate of drug-likeness (QED) is 0.640. The molecule has 5 nitrogen and oxygen atoms in total. The molecule has 0 aliphatic carbocycles. The standard InChI is InChI=1S/C22H22FN3O2S/c1-28-18-6-4-5-17(14-18)25-9-11-26(12-10-25)21(27)13-16-15-29-22(24-16)19-7-2-3-8-20(19)23/h2-8,14-15H,9-13H2,1H3. The van der Waals surface area contributed by atoms with Crippen LogP contribution in [0.3, 0.4) is 0 Å². The van der Waals surface area contributed by atoms with Crippen LogP contribution in [0.4, 0.5) is 10.1 Å². The van der Waals surface area contributed by atoms with Crippen molar-refractivity contribution in [1.82, 2.24) is 9.88 Å². The number of amides is 1. The Bertz CT molecular complexity index is 999. The molecule has 150 valence electrons. The minimum atomic E-state index is -0.298. The molecule has 1 fully saturated rings. The Morgan fingerprint density at radius 1 is 1.14 bits per heavy atom. The Kier molecular flexibility index (Phi) is 5.76. The van der Waals surface area contributed by atoms with Crippen molar-refractivity contribution >= 4 is 22.9 Å². The molecule has 2 heterocycles. The Balaban J connectivity index is 1.35. The van der Waals surface area contributed by atoms with Crippen LogP contribution in [0.2, 0.25) is 0 Å². The van der Waals surface area contributed by atoms with Crippen LogP contribution in [-0.2, 0) is 11.2 Å². The number of carbonyl (C=O) groups is 1. The maximum Gasteiger partial charge on any atom is 0.228 e. The lowest BCUT2D eigenvalue weighted by molar-refractivity contribution is -0.130. The highest BCUT2D eigenvalue weighted by Gasteiger charge is 2.22. The minimum Gasteiger partial charge on any atom is -0.497 e. The van der Waals surface area contributed by atoms with Crippen LogP contribution in [0.1, 0.15) is 5.69 Å². The molecule has 29 heavy (non-hydrogen) atoms. The van der Waals surface area contributed by atoms with Gasteiger partial charge in [-0.25, -0.2) is 9.37 Å². The van der Waals surface area contributed by atoms with Crippen molar-refractivity contribution in [3.63, 3.8) is 0 Å². The largest absolute Gasteiger partial charge is 0.497 e. The molecule has 1 amide bonds. The summed E-state index contributed by atoms with van der Waals surface area (Å²) in [7, 11) is 1.66. The van der Waals surface area contributed by atoms with Gasteiger partial charge in [0.15, 0.2) is 0 Å². The predicted molar refractivity (Wildman–Crippen MR) is 113 cm³/mol. The number of nitrogens with zero attached hydrogens (tertiary/aromatic N) is 3. The summed E-state index contributed by atoms with van der Waals surface area (Å²) in [6, 6.07) is 14.5. The van der Waals surface area contributed by atoms with E-state index in [1.165, 1.54) is 17.4 Å². The number of methoxy groups -OCH3 is 1. The molecule has 0 N–H and O–H groups in total. The summed E-state index contributed by atoms with van der Waals surface area (Å²) in [5.41, 5.74) is 2.27. The van der Waals surface area contributed by atoms with Crippen LogP contribution in [0, 0.1) is 5.82 Å². The molecule has 4 rings (SSSR count). The first-order valence-electron chi connectivity index (χ1n) is 9.50. The lowest BCUT2D eigenvalue weighted by Gasteiger charge is -2.36. The van der Waals surface area contributed by atoms with E-state index in [-0.39, 0.29) is 18.1 Å². The van der Waals surface area contributed by atoms with E-state index in [4.69, 9.17) is 4.74 Å². The van der Waals surface area contributed by atoms with E-state index in [1.807, 2.05) is 28.5 Å². The molecule has 0 bridgehead atoms. The summed E-state index contributed by atoms with van der Waals surface area (Å²) >= 11 is 1.36. The highest BCUT2D eigenvalue weighted by molar-refractivity contribution is 7.13. The SMILES string of the molecule is COc1cccc(N2CCN(C(=O)Cc3csc(-c4ccccc4F)n3)CC2)c1. The molecule has 1 aromatic heterocycles. The van der Waals surface area contributed by atoms with Gasteiger partial charge in [-0.1, -0.05) is 18.2 Å². The fourth-order valence-electron chi connectivity index (χ4n) is 3.43. The number of anilines is 1. The zero-order chi connectivity index (χ0) is 20.2. The second kappa shape index (κ2) is 8.61. The number of benzene rings is 2. The number of hydrogen-bond donors (Lipinski definition) is 0. The summed E-state index contributed by atoms with van der Waals surface area (Å²) in [5, 5.41) is 2.44. The van der Waals surface area contributed by atoms with Crippen LogP contribution >= 0.6 is 11.3 Å². The zero-order valence-electron chi connectivity index (χ0n) is 16.2. The first kappa shape index (κ1) is 19.4. The number of hydrogen-bond acceptors (Lipinski definition) is 5. The summed E-state index contributed by atoms with van der Waals surface area (Å²) < 4.78 is 19.2. The van der Waals surface area contributed by atoms with Gasteiger partial charge in [-0.3, -0.25) is 4.79 Å². The molecule has 0 saturated carbocycles. The van der Waals surface area contributed by atoms with Crippen molar-refractivity contribution in [3.8, 4) is 16.3 Å². The van der Waals surface area contributed by atoms with Gasteiger partial charge in [0.2, 0.25) is 5.91 Å². The number of rotatable bonds is 5. The smallest absolute Gasteiger partial charge is 0.228 e. The number of carbonyl (C=O) groups excluding carboxylic acids is 1. The van der Waals surface area contributed by atoms with Gasteiger partial charge < -0.3 is 14.5 Å². The number of piperazine rings is 1. The molecule has 7 heteroatoms. The lowest BCUT2D eigenvalue weighted by Crippen LogP contribution is -2.49. The van der Waals surface area contributed by atoms with E-state index in [9.17, 15) is 9.18 Å². The van der Waals surface area contributed by atoms with Gasteiger partial charge in [0.25, 0.3) is 0 Å². The molecular formula is C22H22FN3O2S. The Labute approximate surface area is 173 Å². The zero-order valence-corrected chi connectivity index (χ0v) is 17.0. The highest BCUT2D eigenvalue weighted by Crippen LogP contribution is 2.27. The van der Waals surface area contributed by atoms with E-state index in [1.54, 1.807) is 25.3 Å². The third kappa shape index (κ3) is 4.40. The number of halogens is 1. The second-order valence-electron chi connectivity index (χ2n) is 6.87. The van der Waals surface area contributed by atoms with E-state index in [2.05, 4.69) is 16.0 Å². The fourth-order valence-corrected chi connectivity index (χ4v) is 4.28. The van der Waals surface area contributed by atoms with Crippen LogP contribution in [0.5, 0.6) is 5.75 Å². The summed E-state index contributed by atoms with van der Waals surface area (Å²) in [5.74, 6) is 0.587.